The van der Waals surface area contributed by atoms with Crippen LogP contribution in [-0.2, 0) is 10.0 Å². The van der Waals surface area contributed by atoms with E-state index in [0.717, 1.165) is 12.8 Å². The highest BCUT2D eigenvalue weighted by molar-refractivity contribution is 7.92. The summed E-state index contributed by atoms with van der Waals surface area (Å²) in [5.41, 5.74) is 1.83. The van der Waals surface area contributed by atoms with Gasteiger partial charge in [-0.1, -0.05) is 0 Å². The zero-order valence-electron chi connectivity index (χ0n) is 23.9. The molecule has 2 aliphatic heterocycles. The van der Waals surface area contributed by atoms with Gasteiger partial charge in [0.05, 0.1) is 42.6 Å². The van der Waals surface area contributed by atoms with Crippen molar-refractivity contribution in [3.63, 3.8) is 0 Å². The fourth-order valence-electron chi connectivity index (χ4n) is 5.91. The van der Waals surface area contributed by atoms with Gasteiger partial charge >= 0.3 is 0 Å². The maximum absolute atomic E-state index is 13.9. The Morgan fingerprint density at radius 1 is 1.07 bits per heavy atom. The largest absolute Gasteiger partial charge is 0.495 e. The number of carbonyl (C=O) groups is 1. The van der Waals surface area contributed by atoms with Crippen molar-refractivity contribution in [3.05, 3.63) is 36.3 Å². The van der Waals surface area contributed by atoms with Crippen LogP contribution < -0.4 is 24.6 Å². The number of rotatable bonds is 9. The van der Waals surface area contributed by atoms with Crippen molar-refractivity contribution in [2.24, 2.45) is 5.41 Å². The summed E-state index contributed by atoms with van der Waals surface area (Å²) in [5.74, 6) is -2.96. The average Bonchev–Trinajstić information content (AvgIpc) is 3.54. The predicted molar refractivity (Wildman–Crippen MR) is 158 cm³/mol. The number of aromatic nitrogens is 3. The zero-order valence-corrected chi connectivity index (χ0v) is 24.7. The Hall–Kier alpha value is -3.72. The third-order valence-corrected chi connectivity index (χ3v) is 9.95. The number of fused-ring (bicyclic) bond motifs is 1. The van der Waals surface area contributed by atoms with Crippen molar-refractivity contribution >= 4 is 44.6 Å². The molecule has 1 saturated carbocycles. The van der Waals surface area contributed by atoms with Gasteiger partial charge in [-0.3, -0.25) is 9.52 Å². The van der Waals surface area contributed by atoms with E-state index in [0.29, 0.717) is 35.7 Å². The van der Waals surface area contributed by atoms with Crippen LogP contribution in [0.1, 0.15) is 48.9 Å². The molecule has 0 unspecified atom stereocenters. The lowest BCUT2D eigenvalue weighted by molar-refractivity contribution is -0.0221. The molecule has 2 aromatic heterocycles. The number of nitrogens with zero attached hydrogens (tertiary/aromatic N) is 5. The monoisotopic (exact) mass is 619 g/mol. The van der Waals surface area contributed by atoms with Gasteiger partial charge in [-0.15, -0.1) is 0 Å². The fourth-order valence-corrected chi connectivity index (χ4v) is 6.75. The number of imidazole rings is 1. The number of aliphatic hydroxyl groups is 1. The number of carbonyl (C=O) groups excluding carboxylic acids is 1. The maximum Gasteiger partial charge on any atom is 0.259 e. The Labute approximate surface area is 248 Å². The first-order valence-electron chi connectivity index (χ1n) is 14.4. The molecule has 1 aromatic carbocycles. The van der Waals surface area contributed by atoms with Gasteiger partial charge < -0.3 is 29.4 Å². The van der Waals surface area contributed by atoms with Crippen LogP contribution in [0.15, 0.2) is 30.7 Å². The van der Waals surface area contributed by atoms with Gasteiger partial charge in [0.25, 0.3) is 11.8 Å². The quantitative estimate of drug-likeness (QED) is 0.329. The number of methoxy groups -OCH3 is 1. The Morgan fingerprint density at radius 3 is 2.42 bits per heavy atom. The van der Waals surface area contributed by atoms with Crippen molar-refractivity contribution in [1.29, 1.82) is 0 Å². The third kappa shape index (κ3) is 6.18. The van der Waals surface area contributed by atoms with Gasteiger partial charge in [0.1, 0.15) is 5.75 Å². The molecule has 12 nitrogen and oxygen atoms in total. The molecule has 0 bridgehead atoms. The van der Waals surface area contributed by atoms with Gasteiger partial charge in [0.2, 0.25) is 10.0 Å². The number of halogens is 2. The molecule has 0 radical (unpaired) electrons. The first-order chi connectivity index (χ1) is 20.5. The average molecular weight is 620 g/mol. The topological polar surface area (TPSA) is 141 Å². The lowest BCUT2D eigenvalue weighted by Gasteiger charge is -2.35. The van der Waals surface area contributed by atoms with Crippen molar-refractivity contribution in [2.75, 3.05) is 65.5 Å². The van der Waals surface area contributed by atoms with Gasteiger partial charge in [0.15, 0.2) is 17.3 Å². The third-order valence-electron chi connectivity index (χ3n) is 8.70. The first-order valence-corrected chi connectivity index (χ1v) is 16.0. The van der Waals surface area contributed by atoms with E-state index in [1.165, 1.54) is 26.0 Å². The number of amides is 1. The van der Waals surface area contributed by atoms with Crippen LogP contribution in [0.3, 0.4) is 0 Å². The van der Waals surface area contributed by atoms with Crippen LogP contribution >= 0.6 is 0 Å². The van der Waals surface area contributed by atoms with E-state index < -0.39 is 34.2 Å². The number of sulfonamides is 1. The molecule has 15 heteroatoms. The number of benzene rings is 1. The van der Waals surface area contributed by atoms with Gasteiger partial charge in [-0.2, -0.15) is 0 Å². The Bertz CT molecular complexity index is 1620. The molecule has 6 rings (SSSR count). The highest BCUT2D eigenvalue weighted by atomic mass is 32.2. The number of ether oxygens (including phenoxy) is 1. The van der Waals surface area contributed by atoms with Crippen molar-refractivity contribution in [2.45, 2.75) is 44.4 Å². The summed E-state index contributed by atoms with van der Waals surface area (Å²) in [7, 11) is -2.49. The van der Waals surface area contributed by atoms with Crippen LogP contribution in [-0.4, -0.2) is 85.4 Å². The second-order valence-corrected chi connectivity index (χ2v) is 13.4. The molecule has 232 valence electrons. The number of anilines is 4. The second kappa shape index (κ2) is 11.1. The van der Waals surface area contributed by atoms with Crippen molar-refractivity contribution < 1.29 is 31.8 Å². The van der Waals surface area contributed by atoms with E-state index in [1.54, 1.807) is 34.0 Å². The Morgan fingerprint density at radius 2 is 1.77 bits per heavy atom. The SMILES string of the molecule is COc1cc(C(=O)Nc2cn3ccnc3c(N3CCC(F)(F)CC3)n2)c(N2CCC3(CC2)CC3)cc1NS(=O)(=O)CCO. The number of hydrogen-bond donors (Lipinski definition) is 3. The molecule has 4 heterocycles. The highest BCUT2D eigenvalue weighted by Crippen LogP contribution is 2.54. The molecule has 3 N–H and O–H groups in total. The summed E-state index contributed by atoms with van der Waals surface area (Å²) in [6, 6.07) is 3.09. The van der Waals surface area contributed by atoms with E-state index in [1.807, 2.05) is 0 Å². The number of piperidine rings is 2. The lowest BCUT2D eigenvalue weighted by atomic mass is 9.93. The molecule has 2 saturated heterocycles. The van der Waals surface area contributed by atoms with Gasteiger partial charge in [-0.05, 0) is 43.2 Å². The zero-order chi connectivity index (χ0) is 30.4. The van der Waals surface area contributed by atoms with Gasteiger partial charge in [0, 0.05) is 51.4 Å². The molecule has 3 fully saturated rings. The minimum Gasteiger partial charge on any atom is -0.495 e. The fraction of sp³-hybridized carbons (Fsp3) is 0.536. The van der Waals surface area contributed by atoms with E-state index in [4.69, 9.17) is 4.74 Å². The van der Waals surface area contributed by atoms with Crippen LogP contribution in [0, 0.1) is 5.41 Å². The predicted octanol–water partition coefficient (Wildman–Crippen LogP) is 3.34. The number of aliphatic hydroxyl groups excluding tert-OH is 1. The molecule has 0 atom stereocenters. The summed E-state index contributed by atoms with van der Waals surface area (Å²) in [6.45, 7) is 1.07. The van der Waals surface area contributed by atoms with Crippen molar-refractivity contribution in [3.8, 4) is 5.75 Å². The standard InChI is InChI=1S/C28H35F2N7O5S/c1-42-22-16-19(21(17-20(22)34-43(40,41)15-14-38)35-9-4-27(2-3-27)5-10-35)26(39)33-23-18-37-13-8-31-24(37)25(32-23)36-11-6-28(29,30)7-12-36/h8,13,16-18,34,38H,2-7,9-12,14-15H2,1H3,(H,33,39). The molecule has 3 aliphatic rings. The number of nitrogens with one attached hydrogen (secondary N) is 2. The van der Waals surface area contributed by atoms with E-state index in [2.05, 4.69) is 24.9 Å². The first kappa shape index (κ1) is 29.4. The molecule has 43 heavy (non-hydrogen) atoms. The van der Waals surface area contributed by atoms with Crippen LogP contribution in [0.5, 0.6) is 5.75 Å². The van der Waals surface area contributed by atoms with Gasteiger partial charge in [-0.25, -0.2) is 27.2 Å². The van der Waals surface area contributed by atoms with E-state index >= 15 is 0 Å². The van der Waals surface area contributed by atoms with E-state index in [-0.39, 0.29) is 48.7 Å². The number of hydrogen-bond acceptors (Lipinski definition) is 9. The number of alkyl halides is 2. The molecular weight excluding hydrogens is 584 g/mol. The summed E-state index contributed by atoms with van der Waals surface area (Å²) in [4.78, 5) is 26.7. The van der Waals surface area contributed by atoms with Crippen LogP contribution in [0.2, 0.25) is 0 Å². The summed E-state index contributed by atoms with van der Waals surface area (Å²) >= 11 is 0. The molecular formula is C28H35F2N7O5S. The normalized spacial score (nSPS) is 19.4. The van der Waals surface area contributed by atoms with Crippen molar-refractivity contribution in [1.82, 2.24) is 14.4 Å². The Balaban J connectivity index is 1.34. The summed E-state index contributed by atoms with van der Waals surface area (Å²) < 4.78 is 62.4. The van der Waals surface area contributed by atoms with E-state index in [9.17, 15) is 27.1 Å². The molecule has 1 amide bonds. The molecule has 1 aliphatic carbocycles. The molecule has 3 aromatic rings. The minimum atomic E-state index is -3.86. The maximum atomic E-state index is 13.9. The Kier molecular flexibility index (Phi) is 7.57. The lowest BCUT2D eigenvalue weighted by Crippen LogP contribution is -2.40. The van der Waals surface area contributed by atoms with Crippen LogP contribution in [0.25, 0.3) is 5.65 Å². The van der Waals surface area contributed by atoms with Crippen LogP contribution in [0.4, 0.5) is 31.8 Å². The smallest absolute Gasteiger partial charge is 0.259 e. The second-order valence-electron chi connectivity index (χ2n) is 11.6. The summed E-state index contributed by atoms with van der Waals surface area (Å²) in [5, 5.41) is 12.1. The highest BCUT2D eigenvalue weighted by Gasteiger charge is 2.45. The minimum absolute atomic E-state index is 0.103. The molecule has 1 spiro atoms. The summed E-state index contributed by atoms with van der Waals surface area (Å²) in [6.07, 6.45) is 8.62.